The predicted octanol–water partition coefficient (Wildman–Crippen LogP) is 3.60. The maximum absolute atomic E-state index is 14.2. The Morgan fingerprint density at radius 1 is 0.897 bits per heavy atom. The Morgan fingerprint density at radius 2 is 1.64 bits per heavy atom. The van der Waals surface area contributed by atoms with E-state index in [1.807, 2.05) is 35.2 Å². The monoisotopic (exact) mass is 522 g/mol. The molecule has 2 fully saturated rings. The first-order chi connectivity index (χ1) is 19.0. The lowest BCUT2D eigenvalue weighted by Gasteiger charge is -2.35. The lowest BCUT2D eigenvalue weighted by Crippen LogP contribution is -2.44. The molecule has 2 saturated heterocycles. The number of methoxy groups -OCH3 is 1. The third-order valence-electron chi connectivity index (χ3n) is 7.94. The van der Waals surface area contributed by atoms with Crippen LogP contribution in [0.4, 0.5) is 5.69 Å². The van der Waals surface area contributed by atoms with E-state index in [2.05, 4.69) is 0 Å². The summed E-state index contributed by atoms with van der Waals surface area (Å²) in [5, 5.41) is 0. The van der Waals surface area contributed by atoms with Crippen molar-refractivity contribution in [3.8, 4) is 11.5 Å². The van der Waals surface area contributed by atoms with Crippen LogP contribution in [0.2, 0.25) is 0 Å². The Morgan fingerprint density at radius 3 is 2.49 bits per heavy atom. The lowest BCUT2D eigenvalue weighted by atomic mass is 9.83. The van der Waals surface area contributed by atoms with Crippen LogP contribution < -0.4 is 14.4 Å². The molecule has 4 heterocycles. The number of imide groups is 1. The van der Waals surface area contributed by atoms with Gasteiger partial charge in [-0.3, -0.25) is 14.4 Å². The highest BCUT2D eigenvalue weighted by atomic mass is 16.7. The minimum Gasteiger partial charge on any atom is -0.465 e. The number of amides is 2. The molecular formula is C30H22N2O7. The number of rotatable bonds is 4. The quantitative estimate of drug-likeness (QED) is 0.291. The molecule has 9 nitrogen and oxygen atoms in total. The number of ketones is 1. The van der Waals surface area contributed by atoms with Gasteiger partial charge in [-0.2, -0.15) is 0 Å². The lowest BCUT2D eigenvalue weighted by molar-refractivity contribution is -0.123. The third-order valence-corrected chi connectivity index (χ3v) is 7.94. The fourth-order valence-electron chi connectivity index (χ4n) is 6.27. The largest absolute Gasteiger partial charge is 0.465 e. The Labute approximate surface area is 223 Å². The fraction of sp³-hybridized carbons (Fsp3) is 0.200. The first-order valence-corrected chi connectivity index (χ1v) is 12.5. The van der Waals surface area contributed by atoms with E-state index in [1.165, 1.54) is 13.2 Å². The van der Waals surface area contributed by atoms with Crippen LogP contribution >= 0.6 is 0 Å². The molecule has 39 heavy (non-hydrogen) atoms. The highest BCUT2D eigenvalue weighted by molar-refractivity contribution is 6.26. The van der Waals surface area contributed by atoms with Crippen molar-refractivity contribution < 1.29 is 33.4 Å². The summed E-state index contributed by atoms with van der Waals surface area (Å²) in [6.45, 7) is 0.0659. The molecule has 3 aromatic rings. The van der Waals surface area contributed by atoms with Crippen LogP contribution in [0.5, 0.6) is 11.5 Å². The minimum absolute atomic E-state index is 0.0659. The summed E-state index contributed by atoms with van der Waals surface area (Å²) >= 11 is 0. The average Bonchev–Trinajstić information content (AvgIpc) is 3.65. The molecule has 0 saturated carbocycles. The first-order valence-electron chi connectivity index (χ1n) is 12.5. The van der Waals surface area contributed by atoms with Gasteiger partial charge < -0.3 is 19.1 Å². The van der Waals surface area contributed by atoms with Crippen molar-refractivity contribution in [2.75, 3.05) is 18.8 Å². The van der Waals surface area contributed by atoms with E-state index in [4.69, 9.17) is 14.2 Å². The summed E-state index contributed by atoms with van der Waals surface area (Å²) in [6.07, 6.45) is 3.69. The molecule has 0 radical (unpaired) electrons. The number of esters is 1. The maximum Gasteiger partial charge on any atom is 0.339 e. The van der Waals surface area contributed by atoms with Crippen molar-refractivity contribution in [2.45, 2.75) is 12.1 Å². The third kappa shape index (κ3) is 3.26. The fourth-order valence-corrected chi connectivity index (χ4v) is 6.27. The van der Waals surface area contributed by atoms with Crippen LogP contribution in [0.1, 0.15) is 37.9 Å². The number of carbonyl (C=O) groups is 4. The molecule has 0 spiro atoms. The van der Waals surface area contributed by atoms with Crippen LogP contribution in [0.25, 0.3) is 6.08 Å². The zero-order chi connectivity index (χ0) is 26.8. The van der Waals surface area contributed by atoms with Crippen LogP contribution in [0, 0.1) is 11.8 Å². The van der Waals surface area contributed by atoms with E-state index >= 15 is 0 Å². The summed E-state index contributed by atoms with van der Waals surface area (Å²) in [4.78, 5) is 57.9. The SMILES string of the molecule is COC(=O)c1ccccc1N1C(=O)[C@@H]2[C@H](C1=O)[C@@H]1c3ccccc3C=CN1[C@@H]2C(=O)c1ccc2c(c1)OCO2. The van der Waals surface area contributed by atoms with Crippen LogP contribution in [-0.2, 0) is 14.3 Å². The number of benzene rings is 3. The zero-order valence-corrected chi connectivity index (χ0v) is 20.8. The minimum atomic E-state index is -0.970. The second kappa shape index (κ2) is 8.56. The molecule has 0 bridgehead atoms. The molecule has 0 unspecified atom stereocenters. The summed E-state index contributed by atoms with van der Waals surface area (Å²) in [7, 11) is 1.24. The van der Waals surface area contributed by atoms with E-state index in [-0.39, 0.29) is 23.8 Å². The van der Waals surface area contributed by atoms with E-state index in [9.17, 15) is 19.2 Å². The molecule has 0 N–H and O–H groups in total. The van der Waals surface area contributed by atoms with Gasteiger partial charge in [0.2, 0.25) is 18.6 Å². The van der Waals surface area contributed by atoms with Gasteiger partial charge in [-0.25, -0.2) is 9.69 Å². The van der Waals surface area contributed by atoms with Gasteiger partial charge in [0.1, 0.15) is 6.04 Å². The number of hydrogen-bond acceptors (Lipinski definition) is 8. The number of ether oxygens (including phenoxy) is 3. The Hall–Kier alpha value is -4.92. The molecular weight excluding hydrogens is 500 g/mol. The van der Waals surface area contributed by atoms with Gasteiger partial charge >= 0.3 is 5.97 Å². The number of carbonyl (C=O) groups excluding carboxylic acids is 4. The number of hydrogen-bond donors (Lipinski definition) is 0. The molecule has 4 atom stereocenters. The topological polar surface area (TPSA) is 102 Å². The second-order valence-corrected chi connectivity index (χ2v) is 9.79. The Bertz CT molecular complexity index is 1610. The summed E-state index contributed by atoms with van der Waals surface area (Å²) in [5.41, 5.74) is 2.38. The Balaban J connectivity index is 1.37. The molecule has 9 heteroatoms. The van der Waals surface area contributed by atoms with Gasteiger partial charge in [0.05, 0.1) is 36.2 Å². The molecule has 4 aliphatic heterocycles. The van der Waals surface area contributed by atoms with E-state index in [0.717, 1.165) is 16.0 Å². The van der Waals surface area contributed by atoms with E-state index < -0.39 is 41.7 Å². The normalized spacial score (nSPS) is 23.9. The van der Waals surface area contributed by atoms with Crippen molar-refractivity contribution >= 4 is 35.3 Å². The van der Waals surface area contributed by atoms with Crippen molar-refractivity contribution in [1.29, 1.82) is 0 Å². The molecule has 7 rings (SSSR count). The van der Waals surface area contributed by atoms with Crippen LogP contribution in [-0.4, -0.2) is 48.4 Å². The van der Waals surface area contributed by atoms with Crippen molar-refractivity contribution in [3.05, 3.63) is 95.2 Å². The molecule has 2 amide bonds. The molecule has 4 aliphatic rings. The molecule has 194 valence electrons. The van der Waals surface area contributed by atoms with Crippen molar-refractivity contribution in [2.24, 2.45) is 11.8 Å². The number of Topliss-reactive ketones (excluding diaryl/α,β-unsaturated/α-hetero) is 1. The van der Waals surface area contributed by atoms with Gasteiger partial charge in [-0.1, -0.05) is 36.4 Å². The predicted molar refractivity (Wildman–Crippen MR) is 138 cm³/mol. The number of nitrogens with zero attached hydrogens (tertiary/aromatic N) is 2. The van der Waals surface area contributed by atoms with Gasteiger partial charge in [0.25, 0.3) is 0 Å². The number of anilines is 1. The molecule has 0 aromatic heterocycles. The van der Waals surface area contributed by atoms with Gasteiger partial charge in [-0.15, -0.1) is 0 Å². The number of fused-ring (bicyclic) bond motifs is 6. The van der Waals surface area contributed by atoms with Crippen LogP contribution in [0.3, 0.4) is 0 Å². The van der Waals surface area contributed by atoms with Gasteiger partial charge in [0.15, 0.2) is 17.3 Å². The zero-order valence-electron chi connectivity index (χ0n) is 20.8. The first kappa shape index (κ1) is 23.2. The maximum atomic E-state index is 14.2. The highest BCUT2D eigenvalue weighted by Gasteiger charge is 2.64. The molecule has 0 aliphatic carbocycles. The van der Waals surface area contributed by atoms with Crippen LogP contribution in [0.15, 0.2) is 72.9 Å². The summed E-state index contributed by atoms with van der Waals surface area (Å²) in [5.74, 6) is -2.77. The summed E-state index contributed by atoms with van der Waals surface area (Å²) < 4.78 is 15.8. The number of para-hydroxylation sites is 1. The Kier molecular flexibility index (Phi) is 5.09. The summed E-state index contributed by atoms with van der Waals surface area (Å²) in [6, 6.07) is 17.4. The van der Waals surface area contributed by atoms with Gasteiger partial charge in [-0.05, 0) is 47.5 Å². The van der Waals surface area contributed by atoms with E-state index in [1.54, 1.807) is 42.6 Å². The standard InChI is InChI=1S/C30H22N2O7/c1-37-30(36)19-8-4-5-9-20(19)32-28(34)23-24(29(32)35)26(27(33)17-10-11-21-22(14-17)39-15-38-21)31-13-12-16-6-2-3-7-18(16)25(23)31/h2-14,23-26H,15H2,1H3/t23-,24+,25-,26-/m0/s1. The second-order valence-electron chi connectivity index (χ2n) is 9.79. The van der Waals surface area contributed by atoms with Crippen molar-refractivity contribution in [1.82, 2.24) is 4.90 Å². The average molecular weight is 523 g/mol. The van der Waals surface area contributed by atoms with Crippen molar-refractivity contribution in [3.63, 3.8) is 0 Å². The smallest absolute Gasteiger partial charge is 0.339 e. The van der Waals surface area contributed by atoms with E-state index in [0.29, 0.717) is 17.1 Å². The molecule has 3 aromatic carbocycles. The van der Waals surface area contributed by atoms with Gasteiger partial charge in [0, 0.05) is 11.8 Å². The highest BCUT2D eigenvalue weighted by Crippen LogP contribution is 2.54.